The molecule has 1 N–H and O–H groups in total. The quantitative estimate of drug-likeness (QED) is 0.427. The monoisotopic (exact) mass is 424 g/mol. The minimum Gasteiger partial charge on any atom is -0.338 e. The van der Waals surface area contributed by atoms with Gasteiger partial charge in [0.1, 0.15) is 17.2 Å². The van der Waals surface area contributed by atoms with E-state index in [1.54, 1.807) is 11.3 Å². The summed E-state index contributed by atoms with van der Waals surface area (Å²) in [4.78, 5) is 23.7. The second-order valence-corrected chi connectivity index (χ2v) is 8.77. The van der Waals surface area contributed by atoms with Gasteiger partial charge in [-0.15, -0.1) is 11.3 Å². The minimum atomic E-state index is 0.0657. The van der Waals surface area contributed by atoms with Crippen LogP contribution < -0.4 is 0 Å². The molecule has 5 aromatic heterocycles. The van der Waals surface area contributed by atoms with E-state index in [2.05, 4.69) is 68.2 Å². The average Bonchev–Trinajstić information content (AvgIpc) is 3.55. The molecule has 5 aromatic rings. The fourth-order valence-corrected chi connectivity index (χ4v) is 4.97. The van der Waals surface area contributed by atoms with E-state index in [1.165, 1.54) is 10.4 Å². The number of aromatic amines is 1. The molecule has 0 radical (unpaired) electrons. The fraction of sp³-hybridized carbons (Fsp3) is 0.167. The molecule has 0 spiro atoms. The molecule has 0 amide bonds. The molecule has 0 aliphatic carbocycles. The molecular weight excluding hydrogens is 404 g/mol. The van der Waals surface area contributed by atoms with E-state index in [9.17, 15) is 0 Å². The molecule has 6 nitrogen and oxygen atoms in total. The minimum absolute atomic E-state index is 0.0657. The van der Waals surface area contributed by atoms with Crippen molar-refractivity contribution in [2.45, 2.75) is 19.9 Å². The smallest absolute Gasteiger partial charge is 0.138 e. The Morgan fingerprint density at radius 1 is 1.13 bits per heavy atom. The lowest BCUT2D eigenvalue weighted by Crippen LogP contribution is -2.06. The summed E-state index contributed by atoms with van der Waals surface area (Å²) in [5.74, 6) is 0.961. The van der Waals surface area contributed by atoms with Crippen LogP contribution in [0.3, 0.4) is 0 Å². The topological polar surface area (TPSA) is 71.8 Å². The van der Waals surface area contributed by atoms with E-state index >= 15 is 0 Å². The van der Waals surface area contributed by atoms with Crippen LogP contribution in [0, 0.1) is 6.92 Å². The molecule has 31 heavy (non-hydrogen) atoms. The first-order valence-corrected chi connectivity index (χ1v) is 11.1. The lowest BCUT2D eigenvalue weighted by atomic mass is 10.0. The SMILES string of the molecule is Cc1ncc(-c2ccc3c(n2)C(c2cc4c(-c5cccs5)ccnc4[nH]2)=N[C@H]3C)n1C. The number of hydrogen-bond acceptors (Lipinski definition) is 5. The number of imidazole rings is 1. The summed E-state index contributed by atoms with van der Waals surface area (Å²) in [5.41, 5.74) is 7.84. The third-order valence-electron chi connectivity index (χ3n) is 5.98. The number of aryl methyl sites for hydroxylation is 1. The number of nitrogens with zero attached hydrogens (tertiary/aromatic N) is 5. The zero-order chi connectivity index (χ0) is 21.1. The normalized spacial score (nSPS) is 15.5. The lowest BCUT2D eigenvalue weighted by molar-refractivity contribution is 0.836. The van der Waals surface area contributed by atoms with Gasteiger partial charge >= 0.3 is 0 Å². The molecule has 7 heteroatoms. The molecular formula is C24H20N6S. The third-order valence-corrected chi connectivity index (χ3v) is 6.88. The second-order valence-electron chi connectivity index (χ2n) is 7.82. The Balaban J connectivity index is 1.49. The zero-order valence-electron chi connectivity index (χ0n) is 17.4. The fourth-order valence-electron chi connectivity index (χ4n) is 4.20. The third kappa shape index (κ3) is 2.77. The highest BCUT2D eigenvalue weighted by Crippen LogP contribution is 2.35. The Kier molecular flexibility index (Phi) is 3.94. The van der Waals surface area contributed by atoms with Crippen LogP contribution in [0.2, 0.25) is 0 Å². The van der Waals surface area contributed by atoms with Crippen LogP contribution in [0.25, 0.3) is 32.9 Å². The highest BCUT2D eigenvalue weighted by atomic mass is 32.1. The van der Waals surface area contributed by atoms with Gasteiger partial charge in [0.2, 0.25) is 0 Å². The summed E-state index contributed by atoms with van der Waals surface area (Å²) in [5, 5.41) is 3.20. The van der Waals surface area contributed by atoms with Crippen molar-refractivity contribution in [3.05, 3.63) is 76.9 Å². The van der Waals surface area contributed by atoms with Crippen LogP contribution in [0.5, 0.6) is 0 Å². The van der Waals surface area contributed by atoms with Crippen LogP contribution in [0.4, 0.5) is 0 Å². The first kappa shape index (κ1) is 18.2. The predicted octanol–water partition coefficient (Wildman–Crippen LogP) is 5.31. The largest absolute Gasteiger partial charge is 0.338 e. The number of rotatable bonds is 3. The first-order chi connectivity index (χ1) is 15.1. The van der Waals surface area contributed by atoms with Crippen molar-refractivity contribution in [1.82, 2.24) is 24.5 Å². The number of aromatic nitrogens is 5. The van der Waals surface area contributed by atoms with Crippen molar-refractivity contribution in [3.8, 4) is 21.8 Å². The van der Waals surface area contributed by atoms with Gasteiger partial charge in [-0.1, -0.05) is 12.1 Å². The summed E-state index contributed by atoms with van der Waals surface area (Å²) in [6, 6.07) is 12.7. The molecule has 0 fully saturated rings. The number of hydrogen-bond donors (Lipinski definition) is 1. The maximum Gasteiger partial charge on any atom is 0.138 e. The number of thiophene rings is 1. The summed E-state index contributed by atoms with van der Waals surface area (Å²) < 4.78 is 2.06. The van der Waals surface area contributed by atoms with Crippen LogP contribution in [0.1, 0.15) is 35.7 Å². The predicted molar refractivity (Wildman–Crippen MR) is 125 cm³/mol. The van der Waals surface area contributed by atoms with E-state index in [1.807, 2.05) is 26.4 Å². The Bertz CT molecular complexity index is 1470. The van der Waals surface area contributed by atoms with E-state index in [4.69, 9.17) is 9.98 Å². The van der Waals surface area contributed by atoms with Crippen molar-refractivity contribution in [2.75, 3.05) is 0 Å². The van der Waals surface area contributed by atoms with Gasteiger partial charge in [-0.3, -0.25) is 4.99 Å². The maximum atomic E-state index is 5.02. The summed E-state index contributed by atoms with van der Waals surface area (Å²) in [6.45, 7) is 4.11. The molecule has 152 valence electrons. The lowest BCUT2D eigenvalue weighted by Gasteiger charge is -2.08. The van der Waals surface area contributed by atoms with Gasteiger partial charge in [0, 0.05) is 34.6 Å². The number of H-pyrrole nitrogens is 1. The van der Waals surface area contributed by atoms with Gasteiger partial charge in [0.15, 0.2) is 0 Å². The van der Waals surface area contributed by atoms with E-state index in [0.717, 1.165) is 50.9 Å². The molecule has 0 saturated carbocycles. The summed E-state index contributed by atoms with van der Waals surface area (Å²) in [6.07, 6.45) is 3.73. The number of nitrogens with one attached hydrogen (secondary N) is 1. The molecule has 0 saturated heterocycles. The Labute approximate surface area is 183 Å². The number of aliphatic imine (C=N–C) groups is 1. The van der Waals surface area contributed by atoms with Crippen LogP contribution in [-0.2, 0) is 7.05 Å². The Morgan fingerprint density at radius 3 is 2.81 bits per heavy atom. The van der Waals surface area contributed by atoms with Crippen LogP contribution in [-0.4, -0.2) is 30.2 Å². The molecule has 1 atom stereocenters. The van der Waals surface area contributed by atoms with Crippen molar-refractivity contribution in [2.24, 2.45) is 12.0 Å². The molecule has 0 aromatic carbocycles. The molecule has 1 aliphatic heterocycles. The van der Waals surface area contributed by atoms with E-state index in [0.29, 0.717) is 0 Å². The van der Waals surface area contributed by atoms with Crippen molar-refractivity contribution < 1.29 is 0 Å². The molecule has 6 heterocycles. The molecule has 6 rings (SSSR count). The van der Waals surface area contributed by atoms with Crippen LogP contribution in [0.15, 0.2) is 59.2 Å². The summed E-state index contributed by atoms with van der Waals surface area (Å²) in [7, 11) is 2.01. The Hall–Kier alpha value is -3.58. The van der Waals surface area contributed by atoms with Gasteiger partial charge in [-0.2, -0.15) is 0 Å². The number of fused-ring (bicyclic) bond motifs is 2. The molecule has 0 bridgehead atoms. The highest BCUT2D eigenvalue weighted by Gasteiger charge is 2.27. The van der Waals surface area contributed by atoms with Gasteiger partial charge < -0.3 is 9.55 Å². The number of pyridine rings is 2. The second kappa shape index (κ2) is 6.72. The molecule has 1 aliphatic rings. The van der Waals surface area contributed by atoms with Gasteiger partial charge in [-0.05, 0) is 43.5 Å². The average molecular weight is 425 g/mol. The van der Waals surface area contributed by atoms with Gasteiger partial charge in [0.25, 0.3) is 0 Å². The van der Waals surface area contributed by atoms with Crippen molar-refractivity contribution in [1.29, 1.82) is 0 Å². The Morgan fingerprint density at radius 2 is 2.03 bits per heavy atom. The maximum absolute atomic E-state index is 5.02. The van der Waals surface area contributed by atoms with Crippen molar-refractivity contribution in [3.63, 3.8) is 0 Å². The van der Waals surface area contributed by atoms with Crippen molar-refractivity contribution >= 4 is 28.1 Å². The molecule has 0 unspecified atom stereocenters. The first-order valence-electron chi connectivity index (χ1n) is 10.2. The summed E-state index contributed by atoms with van der Waals surface area (Å²) >= 11 is 1.73. The zero-order valence-corrected chi connectivity index (χ0v) is 18.2. The van der Waals surface area contributed by atoms with Crippen LogP contribution >= 0.6 is 11.3 Å². The standard InChI is InChI=1S/C24H20N6S/c1-13-15-6-7-18(20-12-26-14(2)30(20)3)28-22(15)23(27-13)19-11-17-16(21-5-4-10-31-21)8-9-25-24(17)29-19/h4-13H,1-3H3,(H,25,29)/t13-/m0/s1. The van der Waals surface area contributed by atoms with Gasteiger partial charge in [0.05, 0.1) is 35.0 Å². The van der Waals surface area contributed by atoms with E-state index < -0.39 is 0 Å². The van der Waals surface area contributed by atoms with Gasteiger partial charge in [-0.25, -0.2) is 15.0 Å². The van der Waals surface area contributed by atoms with E-state index in [-0.39, 0.29) is 6.04 Å². The highest BCUT2D eigenvalue weighted by molar-refractivity contribution is 7.13.